The van der Waals surface area contributed by atoms with Crippen LogP contribution in [0.15, 0.2) is 24.3 Å². The van der Waals surface area contributed by atoms with Crippen LogP contribution in [0, 0.1) is 0 Å². The lowest BCUT2D eigenvalue weighted by atomic mass is 10.1. The molecule has 1 aromatic rings. The molecule has 0 heterocycles. The Bertz CT molecular complexity index is 610. The molecule has 0 aliphatic carbocycles. The third-order valence-corrected chi connectivity index (χ3v) is 3.31. The summed E-state index contributed by atoms with van der Waals surface area (Å²) < 4.78 is 24.4. The minimum Gasteiger partial charge on any atom is -0.481 e. The second kappa shape index (κ2) is 7.07. The summed E-state index contributed by atoms with van der Waals surface area (Å²) in [6, 6.07) is 5.43. The molecule has 21 heavy (non-hydrogen) atoms. The molecule has 0 aliphatic rings. The lowest BCUT2D eigenvalue weighted by Gasteiger charge is -2.15. The van der Waals surface area contributed by atoms with E-state index in [0.717, 1.165) is 6.26 Å². The molecule has 1 unspecified atom stereocenters. The number of aliphatic carboxylic acids is 1. The molecular weight excluding hydrogens is 296 g/mol. The van der Waals surface area contributed by atoms with Crippen LogP contribution in [0.3, 0.4) is 0 Å². The standard InChI is InChI=1S/C13H18N2O5S/c1-3-10(8-12(16)17)14-13(18)9-4-6-11(7-5-9)15-21(2,19)20/h4-7,10,15H,3,8H2,1-2H3,(H,14,18)(H,16,17). The first kappa shape index (κ1) is 17.0. The summed E-state index contributed by atoms with van der Waals surface area (Å²) >= 11 is 0. The van der Waals surface area contributed by atoms with Crippen molar-refractivity contribution in [1.29, 1.82) is 0 Å². The number of carboxylic acids is 1. The lowest BCUT2D eigenvalue weighted by molar-refractivity contribution is -0.137. The molecule has 0 aliphatic heterocycles. The van der Waals surface area contributed by atoms with Crippen molar-refractivity contribution in [3.8, 4) is 0 Å². The quantitative estimate of drug-likeness (QED) is 0.696. The van der Waals surface area contributed by atoms with E-state index in [4.69, 9.17) is 5.11 Å². The molecule has 0 aromatic heterocycles. The zero-order valence-corrected chi connectivity index (χ0v) is 12.6. The van der Waals surface area contributed by atoms with Crippen molar-refractivity contribution in [1.82, 2.24) is 5.32 Å². The van der Waals surface area contributed by atoms with Gasteiger partial charge in [-0.1, -0.05) is 6.92 Å². The molecule has 116 valence electrons. The average Bonchev–Trinajstić information content (AvgIpc) is 2.36. The van der Waals surface area contributed by atoms with E-state index in [1.54, 1.807) is 6.92 Å². The van der Waals surface area contributed by atoms with Gasteiger partial charge in [0.2, 0.25) is 10.0 Å². The van der Waals surface area contributed by atoms with E-state index in [9.17, 15) is 18.0 Å². The van der Waals surface area contributed by atoms with Gasteiger partial charge in [0.05, 0.1) is 12.7 Å². The first-order valence-electron chi connectivity index (χ1n) is 6.31. The molecule has 1 rings (SSSR count). The fourth-order valence-corrected chi connectivity index (χ4v) is 2.24. The molecule has 1 atom stereocenters. The van der Waals surface area contributed by atoms with Crippen LogP contribution in [0.4, 0.5) is 5.69 Å². The molecule has 0 fully saturated rings. The van der Waals surface area contributed by atoms with Crippen LogP contribution in [-0.4, -0.2) is 37.7 Å². The van der Waals surface area contributed by atoms with Crippen molar-refractivity contribution < 1.29 is 23.1 Å². The van der Waals surface area contributed by atoms with Gasteiger partial charge in [-0.05, 0) is 30.7 Å². The number of carbonyl (C=O) groups excluding carboxylic acids is 1. The van der Waals surface area contributed by atoms with Crippen LogP contribution < -0.4 is 10.0 Å². The topological polar surface area (TPSA) is 113 Å². The Morgan fingerprint density at radius 1 is 1.24 bits per heavy atom. The number of rotatable bonds is 7. The zero-order valence-electron chi connectivity index (χ0n) is 11.8. The highest BCUT2D eigenvalue weighted by atomic mass is 32.2. The van der Waals surface area contributed by atoms with Crippen LogP contribution >= 0.6 is 0 Å². The fraction of sp³-hybridized carbons (Fsp3) is 0.385. The Balaban J connectivity index is 2.72. The Morgan fingerprint density at radius 2 is 1.81 bits per heavy atom. The smallest absolute Gasteiger partial charge is 0.305 e. The highest BCUT2D eigenvalue weighted by Gasteiger charge is 2.15. The number of hydrogen-bond donors (Lipinski definition) is 3. The molecule has 1 amide bonds. The first-order chi connectivity index (χ1) is 9.71. The normalized spacial score (nSPS) is 12.5. The van der Waals surface area contributed by atoms with Crippen molar-refractivity contribution in [2.75, 3.05) is 11.0 Å². The third-order valence-electron chi connectivity index (χ3n) is 2.70. The summed E-state index contributed by atoms with van der Waals surface area (Å²) in [5, 5.41) is 11.4. The molecule has 0 saturated heterocycles. The molecule has 7 nitrogen and oxygen atoms in total. The van der Waals surface area contributed by atoms with E-state index in [1.807, 2.05) is 0 Å². The largest absolute Gasteiger partial charge is 0.481 e. The molecule has 0 saturated carbocycles. The molecule has 0 bridgehead atoms. The van der Waals surface area contributed by atoms with Crippen LogP contribution in [0.25, 0.3) is 0 Å². The Hall–Kier alpha value is -2.09. The van der Waals surface area contributed by atoms with E-state index >= 15 is 0 Å². The van der Waals surface area contributed by atoms with Gasteiger partial charge in [0.15, 0.2) is 0 Å². The van der Waals surface area contributed by atoms with E-state index < -0.39 is 27.9 Å². The van der Waals surface area contributed by atoms with E-state index in [2.05, 4.69) is 10.0 Å². The summed E-state index contributed by atoms with van der Waals surface area (Å²) in [6.45, 7) is 1.78. The maximum atomic E-state index is 11.9. The van der Waals surface area contributed by atoms with Crippen LogP contribution in [-0.2, 0) is 14.8 Å². The molecule has 8 heteroatoms. The van der Waals surface area contributed by atoms with E-state index in [0.29, 0.717) is 17.7 Å². The average molecular weight is 314 g/mol. The number of nitrogens with one attached hydrogen (secondary N) is 2. The third kappa shape index (κ3) is 6.26. The molecule has 3 N–H and O–H groups in total. The van der Waals surface area contributed by atoms with Crippen molar-refractivity contribution in [2.24, 2.45) is 0 Å². The fourth-order valence-electron chi connectivity index (χ4n) is 1.68. The Labute approximate surface area is 123 Å². The zero-order chi connectivity index (χ0) is 16.0. The van der Waals surface area contributed by atoms with Gasteiger partial charge in [-0.15, -0.1) is 0 Å². The van der Waals surface area contributed by atoms with Crippen molar-refractivity contribution in [3.63, 3.8) is 0 Å². The van der Waals surface area contributed by atoms with E-state index in [-0.39, 0.29) is 6.42 Å². The maximum Gasteiger partial charge on any atom is 0.305 e. The monoisotopic (exact) mass is 314 g/mol. The summed E-state index contributed by atoms with van der Waals surface area (Å²) in [7, 11) is -3.36. The van der Waals surface area contributed by atoms with Gasteiger partial charge >= 0.3 is 5.97 Å². The second-order valence-corrected chi connectivity index (χ2v) is 6.38. The second-order valence-electron chi connectivity index (χ2n) is 4.63. The van der Waals surface area contributed by atoms with Gasteiger partial charge in [0.25, 0.3) is 5.91 Å². The first-order valence-corrected chi connectivity index (χ1v) is 8.21. The van der Waals surface area contributed by atoms with Crippen molar-refractivity contribution >= 4 is 27.6 Å². The van der Waals surface area contributed by atoms with Gasteiger partial charge < -0.3 is 10.4 Å². The number of carboxylic acid groups (broad SMARTS) is 1. The van der Waals surface area contributed by atoms with Crippen molar-refractivity contribution in [2.45, 2.75) is 25.8 Å². The number of carbonyl (C=O) groups is 2. The molecule has 1 aromatic carbocycles. The number of sulfonamides is 1. The summed E-state index contributed by atoms with van der Waals surface area (Å²) in [6.07, 6.45) is 1.40. The number of anilines is 1. The maximum absolute atomic E-state index is 11.9. The molecule has 0 radical (unpaired) electrons. The molecule has 0 spiro atoms. The summed E-state index contributed by atoms with van der Waals surface area (Å²) in [5.41, 5.74) is 0.685. The molecular formula is C13H18N2O5S. The van der Waals surface area contributed by atoms with Gasteiger partial charge in [0, 0.05) is 17.3 Å². The van der Waals surface area contributed by atoms with Crippen molar-refractivity contribution in [3.05, 3.63) is 29.8 Å². The predicted octanol–water partition coefficient (Wildman–Crippen LogP) is 1.04. The Kier molecular flexibility index (Phi) is 5.71. The van der Waals surface area contributed by atoms with Gasteiger partial charge in [0.1, 0.15) is 0 Å². The van der Waals surface area contributed by atoms with Gasteiger partial charge in [-0.3, -0.25) is 14.3 Å². The van der Waals surface area contributed by atoms with E-state index in [1.165, 1.54) is 24.3 Å². The van der Waals surface area contributed by atoms with Crippen LogP contribution in [0.5, 0.6) is 0 Å². The van der Waals surface area contributed by atoms with Gasteiger partial charge in [-0.2, -0.15) is 0 Å². The van der Waals surface area contributed by atoms with Crippen LogP contribution in [0.2, 0.25) is 0 Å². The van der Waals surface area contributed by atoms with Crippen LogP contribution in [0.1, 0.15) is 30.1 Å². The minimum absolute atomic E-state index is 0.143. The van der Waals surface area contributed by atoms with Gasteiger partial charge in [-0.25, -0.2) is 8.42 Å². The summed E-state index contributed by atoms with van der Waals surface area (Å²) in [4.78, 5) is 22.6. The predicted molar refractivity (Wildman–Crippen MR) is 78.7 cm³/mol. The number of amides is 1. The minimum atomic E-state index is -3.36. The highest BCUT2D eigenvalue weighted by Crippen LogP contribution is 2.11. The number of hydrogen-bond acceptors (Lipinski definition) is 4. The number of benzene rings is 1. The summed E-state index contributed by atoms with van der Waals surface area (Å²) in [5.74, 6) is -1.37. The Morgan fingerprint density at radius 3 is 2.24 bits per heavy atom. The SMILES string of the molecule is CCC(CC(=O)O)NC(=O)c1ccc(NS(C)(=O)=O)cc1. The lowest BCUT2D eigenvalue weighted by Crippen LogP contribution is -2.36. The highest BCUT2D eigenvalue weighted by molar-refractivity contribution is 7.92.